The van der Waals surface area contributed by atoms with Gasteiger partial charge < -0.3 is 10.4 Å². The number of halogens is 4. The summed E-state index contributed by atoms with van der Waals surface area (Å²) in [5.41, 5.74) is -0.671. The van der Waals surface area contributed by atoms with Gasteiger partial charge >= 0.3 is 12.1 Å². The molecule has 174 valence electrons. The monoisotopic (exact) mass is 490 g/mol. The van der Waals surface area contributed by atoms with Crippen molar-refractivity contribution >= 4 is 28.8 Å². The molecule has 4 aromatic rings. The molecule has 0 radical (unpaired) electrons. The summed E-state index contributed by atoms with van der Waals surface area (Å²) in [6.07, 6.45) is -2.04. The molecule has 34 heavy (non-hydrogen) atoms. The quantitative estimate of drug-likeness (QED) is 0.370. The van der Waals surface area contributed by atoms with Gasteiger partial charge in [0.05, 0.1) is 16.9 Å². The Labute approximate surface area is 193 Å². The number of aryl methyl sites for hydroxylation is 1. The molecule has 2 heterocycles. The number of thiazole rings is 1. The van der Waals surface area contributed by atoms with Crippen LogP contribution in [0.1, 0.15) is 20.9 Å². The average molecular weight is 490 g/mol. The van der Waals surface area contributed by atoms with Crippen molar-refractivity contribution in [1.82, 2.24) is 14.5 Å². The van der Waals surface area contributed by atoms with E-state index in [1.54, 1.807) is 31.2 Å². The molecule has 2 aromatic heterocycles. The highest BCUT2D eigenvalue weighted by Gasteiger charge is 2.31. The summed E-state index contributed by atoms with van der Waals surface area (Å²) in [6, 6.07) is 8.45. The van der Waals surface area contributed by atoms with E-state index in [4.69, 9.17) is 0 Å². The molecule has 0 saturated heterocycles. The third-order valence-corrected chi connectivity index (χ3v) is 5.97. The van der Waals surface area contributed by atoms with E-state index < -0.39 is 29.1 Å². The lowest BCUT2D eigenvalue weighted by Gasteiger charge is -2.12. The van der Waals surface area contributed by atoms with Crippen LogP contribution in [0.15, 0.2) is 59.7 Å². The zero-order chi connectivity index (χ0) is 24.6. The minimum absolute atomic E-state index is 0.135. The Hall–Kier alpha value is -4.06. The number of aromatic carboxylic acids is 1. The molecule has 0 fully saturated rings. The largest absolute Gasteiger partial charge is 0.477 e. The highest BCUT2D eigenvalue weighted by Crippen LogP contribution is 2.32. The van der Waals surface area contributed by atoms with E-state index in [1.165, 1.54) is 17.0 Å². The van der Waals surface area contributed by atoms with Crippen molar-refractivity contribution in [3.05, 3.63) is 87.2 Å². The number of hydrogen-bond acceptors (Lipinski definition) is 6. The molecule has 4 rings (SSSR count). The van der Waals surface area contributed by atoms with Crippen molar-refractivity contribution in [2.24, 2.45) is 0 Å². The van der Waals surface area contributed by atoms with Crippen LogP contribution in [-0.2, 0) is 6.18 Å². The molecule has 0 spiro atoms. The lowest BCUT2D eigenvalue weighted by atomic mass is 10.2. The normalized spacial score (nSPS) is 11.4. The summed E-state index contributed by atoms with van der Waals surface area (Å²) in [6.45, 7) is 1.60. The van der Waals surface area contributed by atoms with Gasteiger partial charge in [-0.3, -0.25) is 9.36 Å². The Balaban J connectivity index is 1.62. The lowest BCUT2D eigenvalue weighted by Crippen LogP contribution is -2.22. The highest BCUT2D eigenvalue weighted by atomic mass is 32.1. The van der Waals surface area contributed by atoms with Crippen LogP contribution in [0.5, 0.6) is 0 Å². The van der Waals surface area contributed by atoms with Crippen LogP contribution >= 0.6 is 11.3 Å². The van der Waals surface area contributed by atoms with Gasteiger partial charge in [-0.1, -0.05) is 0 Å². The molecule has 2 N–H and O–H groups in total. The fourth-order valence-corrected chi connectivity index (χ4v) is 4.01. The number of carboxylic acids is 1. The summed E-state index contributed by atoms with van der Waals surface area (Å²) in [5.74, 6) is -2.53. The number of benzene rings is 2. The van der Waals surface area contributed by atoms with Gasteiger partial charge in [-0.2, -0.15) is 13.2 Å². The van der Waals surface area contributed by atoms with Gasteiger partial charge in [0.2, 0.25) is 0 Å². The SMILES string of the molecule is Cc1nc(-c2ccc(-n3ccnc(Nc4ccc(C(F)(F)F)cc4F)c3=O)cc2)sc1C(=O)O. The van der Waals surface area contributed by atoms with Crippen molar-refractivity contribution in [2.75, 3.05) is 5.32 Å². The van der Waals surface area contributed by atoms with Crippen LogP contribution in [-0.4, -0.2) is 25.6 Å². The predicted octanol–water partition coefficient (Wildman–Crippen LogP) is 5.26. The summed E-state index contributed by atoms with van der Waals surface area (Å²) in [4.78, 5) is 32.3. The maximum Gasteiger partial charge on any atom is 0.416 e. The van der Waals surface area contributed by atoms with Crippen molar-refractivity contribution in [3.8, 4) is 16.3 Å². The molecule has 0 unspecified atom stereocenters. The molecular weight excluding hydrogens is 476 g/mol. The van der Waals surface area contributed by atoms with Crippen LogP contribution in [0.2, 0.25) is 0 Å². The fraction of sp³-hybridized carbons (Fsp3) is 0.0909. The Morgan fingerprint density at radius 1 is 1.15 bits per heavy atom. The van der Waals surface area contributed by atoms with Gasteiger partial charge in [-0.25, -0.2) is 19.2 Å². The Morgan fingerprint density at radius 2 is 1.85 bits per heavy atom. The number of aromatic nitrogens is 3. The summed E-state index contributed by atoms with van der Waals surface area (Å²) < 4.78 is 53.6. The van der Waals surface area contributed by atoms with Crippen molar-refractivity contribution in [3.63, 3.8) is 0 Å². The molecule has 0 atom stereocenters. The van der Waals surface area contributed by atoms with Gasteiger partial charge in [-0.05, 0) is 49.4 Å². The minimum atomic E-state index is -4.70. The molecule has 0 amide bonds. The molecule has 7 nitrogen and oxygen atoms in total. The highest BCUT2D eigenvalue weighted by molar-refractivity contribution is 7.17. The third-order valence-electron chi connectivity index (χ3n) is 4.77. The molecule has 0 aliphatic heterocycles. The van der Waals surface area contributed by atoms with E-state index in [2.05, 4.69) is 15.3 Å². The predicted molar refractivity (Wildman–Crippen MR) is 117 cm³/mol. The van der Waals surface area contributed by atoms with Crippen molar-refractivity contribution in [2.45, 2.75) is 13.1 Å². The molecule has 0 aliphatic rings. The van der Waals surface area contributed by atoms with Crippen molar-refractivity contribution < 1.29 is 27.5 Å². The molecule has 12 heteroatoms. The average Bonchev–Trinajstić information content (AvgIpc) is 3.18. The van der Waals surface area contributed by atoms with E-state index in [9.17, 15) is 32.3 Å². The molecule has 0 saturated carbocycles. The summed E-state index contributed by atoms with van der Waals surface area (Å²) in [5, 5.41) is 12.1. The number of anilines is 2. The first-order valence-corrected chi connectivity index (χ1v) is 10.4. The van der Waals surface area contributed by atoms with E-state index in [0.29, 0.717) is 34.1 Å². The molecular formula is C22H14F4N4O3S. The Bertz CT molecular complexity index is 1450. The molecule has 0 bridgehead atoms. The van der Waals surface area contributed by atoms with E-state index >= 15 is 0 Å². The summed E-state index contributed by atoms with van der Waals surface area (Å²) in [7, 11) is 0. The first kappa shape index (κ1) is 23.1. The zero-order valence-corrected chi connectivity index (χ0v) is 18.0. The number of carboxylic acid groups (broad SMARTS) is 1. The van der Waals surface area contributed by atoms with Crippen LogP contribution in [0.25, 0.3) is 16.3 Å². The van der Waals surface area contributed by atoms with Crippen LogP contribution < -0.4 is 10.9 Å². The molecule has 0 aliphatic carbocycles. The smallest absolute Gasteiger partial charge is 0.416 e. The number of carbonyl (C=O) groups is 1. The minimum Gasteiger partial charge on any atom is -0.477 e. The summed E-state index contributed by atoms with van der Waals surface area (Å²) >= 11 is 1.03. The van der Waals surface area contributed by atoms with Crippen molar-refractivity contribution in [1.29, 1.82) is 0 Å². The van der Waals surface area contributed by atoms with E-state index in [1.807, 2.05) is 0 Å². The van der Waals surface area contributed by atoms with E-state index in [-0.39, 0.29) is 16.4 Å². The van der Waals surface area contributed by atoms with Gasteiger partial charge in [0, 0.05) is 23.6 Å². The zero-order valence-electron chi connectivity index (χ0n) is 17.2. The topological polar surface area (TPSA) is 97.1 Å². The Morgan fingerprint density at radius 3 is 2.44 bits per heavy atom. The second kappa shape index (κ2) is 8.71. The number of rotatable bonds is 5. The number of alkyl halides is 3. The maximum absolute atomic E-state index is 14.2. The standard InChI is InChI=1S/C22H14F4N4O3S/c1-11-17(21(32)33)34-19(28-11)12-2-5-14(6-3-12)30-9-8-27-18(20(30)31)29-16-7-4-13(10-15(16)23)22(24,25)26/h2-10H,1H3,(H,27,29)(H,32,33). The first-order valence-electron chi connectivity index (χ1n) is 9.57. The van der Waals surface area contributed by atoms with E-state index in [0.717, 1.165) is 17.4 Å². The van der Waals surface area contributed by atoms with Gasteiger partial charge in [-0.15, -0.1) is 11.3 Å². The first-order chi connectivity index (χ1) is 16.0. The second-order valence-corrected chi connectivity index (χ2v) is 8.05. The van der Waals surface area contributed by atoms with Crippen LogP contribution in [0, 0.1) is 12.7 Å². The van der Waals surface area contributed by atoms with Gasteiger partial charge in [0.15, 0.2) is 5.82 Å². The Kier molecular flexibility index (Phi) is 5.92. The maximum atomic E-state index is 14.2. The number of nitrogens with one attached hydrogen (secondary N) is 1. The number of hydrogen-bond donors (Lipinski definition) is 2. The second-order valence-electron chi connectivity index (χ2n) is 7.05. The lowest BCUT2D eigenvalue weighted by molar-refractivity contribution is -0.137. The van der Waals surface area contributed by atoms with Gasteiger partial charge in [0.1, 0.15) is 15.7 Å². The van der Waals surface area contributed by atoms with Crippen LogP contribution in [0.3, 0.4) is 0 Å². The number of nitrogens with zero attached hydrogens (tertiary/aromatic N) is 3. The van der Waals surface area contributed by atoms with Crippen LogP contribution in [0.4, 0.5) is 29.1 Å². The molecule has 2 aromatic carbocycles. The third kappa shape index (κ3) is 4.53. The fourth-order valence-electron chi connectivity index (χ4n) is 3.10. The van der Waals surface area contributed by atoms with Gasteiger partial charge in [0.25, 0.3) is 5.56 Å².